The Kier molecular flexibility index (Phi) is 2.60. The molecule has 2 aromatic carbocycles. The molecule has 2 aromatic rings. The summed E-state index contributed by atoms with van der Waals surface area (Å²) in [7, 11) is 0. The lowest BCUT2D eigenvalue weighted by molar-refractivity contribution is -0.114. The van der Waals surface area contributed by atoms with Gasteiger partial charge >= 0.3 is 0 Å². The van der Waals surface area contributed by atoms with Crippen LogP contribution in [0.1, 0.15) is 17.0 Å². The van der Waals surface area contributed by atoms with Crippen molar-refractivity contribution < 1.29 is 9.53 Å². The molecule has 1 heterocycles. The van der Waals surface area contributed by atoms with E-state index in [0.29, 0.717) is 5.57 Å². The summed E-state index contributed by atoms with van der Waals surface area (Å²) in [6.45, 7) is 3.85. The molecular formula is C16H13NO2. The maximum Gasteiger partial charge on any atom is 0.244 e. The Labute approximate surface area is 111 Å². The number of rotatable bonds is 2. The average Bonchev–Trinajstić information content (AvgIpc) is 2.43. The van der Waals surface area contributed by atoms with Gasteiger partial charge in [-0.25, -0.2) is 0 Å². The Morgan fingerprint density at radius 1 is 1.00 bits per heavy atom. The molecule has 0 fully saturated rings. The van der Waals surface area contributed by atoms with Gasteiger partial charge in [-0.1, -0.05) is 43.0 Å². The first kappa shape index (κ1) is 11.5. The summed E-state index contributed by atoms with van der Waals surface area (Å²) in [4.78, 5) is 11.5. The molecule has 0 spiro atoms. The molecule has 0 unspecified atom stereocenters. The lowest BCUT2D eigenvalue weighted by Gasteiger charge is -2.28. The molecular weight excluding hydrogens is 238 g/mol. The van der Waals surface area contributed by atoms with Crippen LogP contribution in [0.5, 0.6) is 11.5 Å². The van der Waals surface area contributed by atoms with Crippen LogP contribution in [0.3, 0.4) is 0 Å². The zero-order chi connectivity index (χ0) is 13.4. The number of nitrogens with two attached hydrogens (primary N) is 1. The molecule has 0 saturated heterocycles. The van der Waals surface area contributed by atoms with Gasteiger partial charge in [0.25, 0.3) is 0 Å². The summed E-state index contributed by atoms with van der Waals surface area (Å²) < 4.78 is 5.84. The van der Waals surface area contributed by atoms with Crippen molar-refractivity contribution in [2.75, 3.05) is 0 Å². The van der Waals surface area contributed by atoms with E-state index in [9.17, 15) is 4.79 Å². The van der Waals surface area contributed by atoms with Crippen LogP contribution in [0, 0.1) is 0 Å². The minimum Gasteiger partial charge on any atom is -0.457 e. The topological polar surface area (TPSA) is 52.3 Å². The first-order chi connectivity index (χ1) is 9.18. The maximum atomic E-state index is 11.5. The molecule has 3 rings (SSSR count). The maximum absolute atomic E-state index is 11.5. The fourth-order valence-corrected chi connectivity index (χ4v) is 2.43. The molecule has 0 saturated carbocycles. The van der Waals surface area contributed by atoms with Crippen LogP contribution in [-0.4, -0.2) is 5.91 Å². The number of hydrogen-bond acceptors (Lipinski definition) is 2. The van der Waals surface area contributed by atoms with Crippen molar-refractivity contribution in [1.29, 1.82) is 0 Å². The van der Waals surface area contributed by atoms with Crippen LogP contribution in [0.25, 0.3) is 0 Å². The summed E-state index contributed by atoms with van der Waals surface area (Å²) in [5.74, 6) is 0.761. The lowest BCUT2D eigenvalue weighted by atomic mass is 9.83. The SMILES string of the molecule is C=C(C(N)=O)C1c2ccccc2Oc2ccccc21. The minimum atomic E-state index is -0.489. The summed E-state index contributed by atoms with van der Waals surface area (Å²) in [6, 6.07) is 15.3. The summed E-state index contributed by atoms with van der Waals surface area (Å²) >= 11 is 0. The number of primary amides is 1. The fourth-order valence-electron chi connectivity index (χ4n) is 2.43. The molecule has 0 bridgehead atoms. The summed E-state index contributed by atoms with van der Waals surface area (Å²) in [5, 5.41) is 0. The molecule has 3 nitrogen and oxygen atoms in total. The second-order valence-electron chi connectivity index (χ2n) is 4.50. The van der Waals surface area contributed by atoms with E-state index in [4.69, 9.17) is 10.5 Å². The van der Waals surface area contributed by atoms with E-state index in [1.54, 1.807) is 0 Å². The van der Waals surface area contributed by atoms with Crippen molar-refractivity contribution in [1.82, 2.24) is 0 Å². The van der Waals surface area contributed by atoms with Crippen molar-refractivity contribution in [3.05, 3.63) is 71.8 Å². The largest absolute Gasteiger partial charge is 0.457 e. The van der Waals surface area contributed by atoms with Gasteiger partial charge < -0.3 is 10.5 Å². The third-order valence-corrected chi connectivity index (χ3v) is 3.34. The minimum absolute atomic E-state index is 0.237. The Morgan fingerprint density at radius 3 is 1.95 bits per heavy atom. The van der Waals surface area contributed by atoms with Gasteiger partial charge in [-0.3, -0.25) is 4.79 Å². The summed E-state index contributed by atoms with van der Waals surface area (Å²) in [5.41, 5.74) is 7.62. The van der Waals surface area contributed by atoms with Crippen molar-refractivity contribution >= 4 is 5.91 Å². The monoisotopic (exact) mass is 251 g/mol. The van der Waals surface area contributed by atoms with Crippen molar-refractivity contribution in [3.8, 4) is 11.5 Å². The standard InChI is InChI=1S/C16H13NO2/c1-10(16(17)18)15-11-6-2-4-8-13(11)19-14-9-5-3-7-12(14)15/h2-9,15H,1H2,(H2,17,18). The van der Waals surface area contributed by atoms with E-state index >= 15 is 0 Å². The van der Waals surface area contributed by atoms with Crippen LogP contribution >= 0.6 is 0 Å². The van der Waals surface area contributed by atoms with Gasteiger partial charge in [0.05, 0.1) is 0 Å². The number of carbonyl (C=O) groups is 1. The number of hydrogen-bond donors (Lipinski definition) is 1. The Morgan fingerprint density at radius 2 is 1.47 bits per heavy atom. The van der Waals surface area contributed by atoms with Crippen molar-refractivity contribution in [2.24, 2.45) is 5.73 Å². The van der Waals surface area contributed by atoms with Gasteiger partial charge in [0.2, 0.25) is 5.91 Å². The third-order valence-electron chi connectivity index (χ3n) is 3.34. The van der Waals surface area contributed by atoms with E-state index in [-0.39, 0.29) is 5.92 Å². The van der Waals surface area contributed by atoms with E-state index in [0.717, 1.165) is 22.6 Å². The fraction of sp³-hybridized carbons (Fsp3) is 0.0625. The van der Waals surface area contributed by atoms with Gasteiger partial charge in [-0.05, 0) is 12.1 Å². The number of para-hydroxylation sites is 2. The number of benzene rings is 2. The first-order valence-corrected chi connectivity index (χ1v) is 6.03. The van der Waals surface area contributed by atoms with Crippen molar-refractivity contribution in [3.63, 3.8) is 0 Å². The van der Waals surface area contributed by atoms with Gasteiger partial charge in [-0.15, -0.1) is 0 Å². The highest BCUT2D eigenvalue weighted by atomic mass is 16.5. The van der Waals surface area contributed by atoms with Crippen LogP contribution in [0.15, 0.2) is 60.7 Å². The highest BCUT2D eigenvalue weighted by molar-refractivity contribution is 5.94. The summed E-state index contributed by atoms with van der Waals surface area (Å²) in [6.07, 6.45) is 0. The van der Waals surface area contributed by atoms with Gasteiger partial charge in [-0.2, -0.15) is 0 Å². The quantitative estimate of drug-likeness (QED) is 0.834. The molecule has 0 aromatic heterocycles. The Balaban J connectivity index is 2.22. The van der Waals surface area contributed by atoms with Crippen LogP contribution < -0.4 is 10.5 Å². The van der Waals surface area contributed by atoms with Gasteiger partial charge in [0, 0.05) is 22.6 Å². The highest BCUT2D eigenvalue weighted by Gasteiger charge is 2.30. The second-order valence-corrected chi connectivity index (χ2v) is 4.50. The zero-order valence-electron chi connectivity index (χ0n) is 10.3. The molecule has 94 valence electrons. The van der Waals surface area contributed by atoms with Crippen molar-refractivity contribution in [2.45, 2.75) is 5.92 Å². The normalized spacial score (nSPS) is 13.1. The molecule has 1 amide bonds. The molecule has 0 aliphatic carbocycles. The molecule has 0 atom stereocenters. The predicted molar refractivity (Wildman–Crippen MR) is 73.1 cm³/mol. The van der Waals surface area contributed by atoms with Crippen LogP contribution in [0.2, 0.25) is 0 Å². The molecule has 19 heavy (non-hydrogen) atoms. The van der Waals surface area contributed by atoms with Gasteiger partial charge in [0.1, 0.15) is 11.5 Å². The number of carbonyl (C=O) groups excluding carboxylic acids is 1. The smallest absolute Gasteiger partial charge is 0.244 e. The molecule has 1 aliphatic rings. The highest BCUT2D eigenvalue weighted by Crippen LogP contribution is 2.46. The molecule has 3 heteroatoms. The van der Waals surface area contributed by atoms with E-state index in [1.165, 1.54) is 0 Å². The average molecular weight is 251 g/mol. The van der Waals surface area contributed by atoms with Crippen LogP contribution in [0.4, 0.5) is 0 Å². The number of amides is 1. The van der Waals surface area contributed by atoms with Crippen LogP contribution in [-0.2, 0) is 4.79 Å². The third kappa shape index (κ3) is 1.80. The molecule has 2 N–H and O–H groups in total. The molecule has 0 radical (unpaired) electrons. The number of ether oxygens (including phenoxy) is 1. The first-order valence-electron chi connectivity index (χ1n) is 6.03. The molecule has 1 aliphatic heterocycles. The van der Waals surface area contributed by atoms with E-state index in [2.05, 4.69) is 6.58 Å². The number of fused-ring (bicyclic) bond motifs is 2. The Bertz CT molecular complexity index is 630. The van der Waals surface area contributed by atoms with E-state index in [1.807, 2.05) is 48.5 Å². The zero-order valence-corrected chi connectivity index (χ0v) is 10.3. The Hall–Kier alpha value is -2.55. The second kappa shape index (κ2) is 4.28. The van der Waals surface area contributed by atoms with Gasteiger partial charge in [0.15, 0.2) is 0 Å². The predicted octanol–water partition coefficient (Wildman–Crippen LogP) is 2.97. The van der Waals surface area contributed by atoms with E-state index < -0.39 is 5.91 Å². The lowest BCUT2D eigenvalue weighted by Crippen LogP contribution is -2.21.